The van der Waals surface area contributed by atoms with Crippen LogP contribution in [0.3, 0.4) is 0 Å². The molecule has 1 N–H and O–H groups in total. The summed E-state index contributed by atoms with van der Waals surface area (Å²) in [7, 11) is 1.66. The molecule has 0 aliphatic carbocycles. The fourth-order valence-electron chi connectivity index (χ4n) is 3.22. The summed E-state index contributed by atoms with van der Waals surface area (Å²) in [5.74, 6) is 0.782. The van der Waals surface area contributed by atoms with Crippen molar-refractivity contribution in [2.24, 2.45) is 0 Å². The van der Waals surface area contributed by atoms with Crippen molar-refractivity contribution in [3.8, 4) is 5.75 Å². The van der Waals surface area contributed by atoms with Crippen molar-refractivity contribution in [3.63, 3.8) is 0 Å². The van der Waals surface area contributed by atoms with E-state index in [-0.39, 0.29) is 0 Å². The van der Waals surface area contributed by atoms with Crippen molar-refractivity contribution in [2.75, 3.05) is 20.2 Å². The van der Waals surface area contributed by atoms with Crippen LogP contribution in [0.4, 0.5) is 0 Å². The number of aliphatic hydroxyl groups is 1. The molecule has 1 aliphatic heterocycles. The Hall–Kier alpha value is -1.06. The van der Waals surface area contributed by atoms with Crippen LogP contribution in [0.1, 0.15) is 50.7 Å². The number of hydrogen-bond acceptors (Lipinski definition) is 3. The lowest BCUT2D eigenvalue weighted by Crippen LogP contribution is -2.41. The van der Waals surface area contributed by atoms with Gasteiger partial charge in [-0.25, -0.2) is 0 Å². The van der Waals surface area contributed by atoms with Gasteiger partial charge in [0, 0.05) is 18.2 Å². The monoisotopic (exact) mass is 277 g/mol. The molecule has 0 radical (unpaired) electrons. The summed E-state index contributed by atoms with van der Waals surface area (Å²) in [4.78, 5) is 2.46. The van der Waals surface area contributed by atoms with E-state index < -0.39 is 6.10 Å². The van der Waals surface area contributed by atoms with Crippen molar-refractivity contribution in [3.05, 3.63) is 29.8 Å². The van der Waals surface area contributed by atoms with Gasteiger partial charge in [-0.1, -0.05) is 38.0 Å². The molecule has 2 rings (SSSR count). The van der Waals surface area contributed by atoms with Gasteiger partial charge in [-0.15, -0.1) is 0 Å². The van der Waals surface area contributed by atoms with Gasteiger partial charge >= 0.3 is 0 Å². The van der Waals surface area contributed by atoms with Gasteiger partial charge in [-0.05, 0) is 31.9 Å². The molecule has 1 aromatic carbocycles. The third-order valence-electron chi connectivity index (χ3n) is 4.28. The van der Waals surface area contributed by atoms with E-state index in [0.717, 1.165) is 17.9 Å². The minimum atomic E-state index is -0.469. The lowest BCUT2D eigenvalue weighted by molar-refractivity contribution is 0.0623. The molecule has 1 saturated heterocycles. The Kier molecular flexibility index (Phi) is 5.86. The molecule has 1 fully saturated rings. The van der Waals surface area contributed by atoms with Crippen molar-refractivity contribution >= 4 is 0 Å². The Morgan fingerprint density at radius 3 is 2.90 bits per heavy atom. The van der Waals surface area contributed by atoms with Crippen LogP contribution in [0, 0.1) is 0 Å². The third kappa shape index (κ3) is 3.74. The lowest BCUT2D eigenvalue weighted by atomic mass is 9.97. The van der Waals surface area contributed by atoms with E-state index in [1.807, 2.05) is 24.3 Å². The molecule has 2 unspecified atom stereocenters. The normalized spacial score (nSPS) is 21.6. The number of aliphatic hydroxyl groups excluding tert-OH is 1. The fourth-order valence-corrected chi connectivity index (χ4v) is 3.22. The molecular formula is C17H27NO2. The SMILES string of the molecule is CCCC1CCCCN1CC(O)c1ccccc1OC. The van der Waals surface area contributed by atoms with Crippen LogP contribution >= 0.6 is 0 Å². The minimum Gasteiger partial charge on any atom is -0.496 e. The molecule has 0 spiro atoms. The van der Waals surface area contributed by atoms with Gasteiger partial charge in [0.1, 0.15) is 5.75 Å². The van der Waals surface area contributed by atoms with E-state index in [0.29, 0.717) is 12.6 Å². The third-order valence-corrected chi connectivity index (χ3v) is 4.28. The second-order valence-corrected chi connectivity index (χ2v) is 5.69. The van der Waals surface area contributed by atoms with Gasteiger partial charge < -0.3 is 9.84 Å². The number of piperidine rings is 1. The zero-order valence-electron chi connectivity index (χ0n) is 12.7. The van der Waals surface area contributed by atoms with Gasteiger partial charge in [0.05, 0.1) is 13.2 Å². The van der Waals surface area contributed by atoms with Crippen LogP contribution in [0.15, 0.2) is 24.3 Å². The quantitative estimate of drug-likeness (QED) is 0.865. The maximum atomic E-state index is 10.5. The first-order valence-electron chi connectivity index (χ1n) is 7.81. The molecule has 1 heterocycles. The van der Waals surface area contributed by atoms with Crippen LogP contribution < -0.4 is 4.74 Å². The molecule has 2 atom stereocenters. The first kappa shape index (κ1) is 15.3. The van der Waals surface area contributed by atoms with Crippen LogP contribution in [0.5, 0.6) is 5.75 Å². The highest BCUT2D eigenvalue weighted by atomic mass is 16.5. The van der Waals surface area contributed by atoms with Gasteiger partial charge in [0.25, 0.3) is 0 Å². The summed E-state index contributed by atoms with van der Waals surface area (Å²) >= 11 is 0. The Morgan fingerprint density at radius 1 is 1.35 bits per heavy atom. The second kappa shape index (κ2) is 7.65. The Bertz CT molecular complexity index is 406. The highest BCUT2D eigenvalue weighted by Crippen LogP contribution is 2.28. The summed E-state index contributed by atoms with van der Waals surface area (Å²) < 4.78 is 5.35. The first-order valence-corrected chi connectivity index (χ1v) is 7.81. The Balaban J connectivity index is 2.03. The Labute approximate surface area is 122 Å². The van der Waals surface area contributed by atoms with Crippen molar-refractivity contribution < 1.29 is 9.84 Å². The highest BCUT2D eigenvalue weighted by Gasteiger charge is 2.25. The van der Waals surface area contributed by atoms with Crippen molar-refractivity contribution in [1.29, 1.82) is 0 Å². The van der Waals surface area contributed by atoms with Crippen LogP contribution in [0.25, 0.3) is 0 Å². The van der Waals surface area contributed by atoms with E-state index in [1.165, 1.54) is 32.1 Å². The summed E-state index contributed by atoms with van der Waals surface area (Å²) in [6.45, 7) is 4.06. The number of methoxy groups -OCH3 is 1. The predicted octanol–water partition coefficient (Wildman–Crippen LogP) is 3.38. The van der Waals surface area contributed by atoms with E-state index >= 15 is 0 Å². The molecule has 20 heavy (non-hydrogen) atoms. The molecule has 0 amide bonds. The number of rotatable bonds is 6. The molecule has 1 aromatic rings. The zero-order valence-corrected chi connectivity index (χ0v) is 12.7. The van der Waals surface area contributed by atoms with E-state index in [1.54, 1.807) is 7.11 Å². The lowest BCUT2D eigenvalue weighted by Gasteiger charge is -2.37. The number of hydrogen-bond donors (Lipinski definition) is 1. The van der Waals surface area contributed by atoms with Gasteiger partial charge in [0.15, 0.2) is 0 Å². The van der Waals surface area contributed by atoms with Gasteiger partial charge in [0.2, 0.25) is 0 Å². The molecule has 112 valence electrons. The first-order chi connectivity index (χ1) is 9.76. The summed E-state index contributed by atoms with van der Waals surface area (Å²) in [5, 5.41) is 10.5. The van der Waals surface area contributed by atoms with E-state index in [9.17, 15) is 5.11 Å². The Morgan fingerprint density at radius 2 is 2.15 bits per heavy atom. The highest BCUT2D eigenvalue weighted by molar-refractivity contribution is 5.35. The molecule has 0 bridgehead atoms. The van der Waals surface area contributed by atoms with Crippen LogP contribution in [0.2, 0.25) is 0 Å². The zero-order chi connectivity index (χ0) is 14.4. The fraction of sp³-hybridized carbons (Fsp3) is 0.647. The molecule has 0 aromatic heterocycles. The van der Waals surface area contributed by atoms with Crippen molar-refractivity contribution in [1.82, 2.24) is 4.90 Å². The number of β-amino-alcohol motifs (C(OH)–C–C–N with tert-alkyl or cyclic N) is 1. The number of para-hydroxylation sites is 1. The van der Waals surface area contributed by atoms with E-state index in [2.05, 4.69) is 11.8 Å². The standard InChI is InChI=1S/C17H27NO2/c1-3-8-14-9-6-7-12-18(14)13-16(19)15-10-4-5-11-17(15)20-2/h4-5,10-11,14,16,19H,3,6-9,12-13H2,1-2H3. The summed E-state index contributed by atoms with van der Waals surface area (Å²) in [6, 6.07) is 8.41. The van der Waals surface area contributed by atoms with Crippen LogP contribution in [-0.2, 0) is 0 Å². The largest absolute Gasteiger partial charge is 0.496 e. The number of nitrogens with zero attached hydrogens (tertiary/aromatic N) is 1. The number of ether oxygens (including phenoxy) is 1. The summed E-state index contributed by atoms with van der Waals surface area (Å²) in [5.41, 5.74) is 0.899. The molecule has 1 aliphatic rings. The minimum absolute atomic E-state index is 0.469. The maximum absolute atomic E-state index is 10.5. The van der Waals surface area contributed by atoms with E-state index in [4.69, 9.17) is 4.74 Å². The van der Waals surface area contributed by atoms with Crippen LogP contribution in [-0.4, -0.2) is 36.2 Å². The number of likely N-dealkylation sites (tertiary alicyclic amines) is 1. The smallest absolute Gasteiger partial charge is 0.124 e. The average molecular weight is 277 g/mol. The van der Waals surface area contributed by atoms with Gasteiger partial charge in [-0.3, -0.25) is 4.90 Å². The second-order valence-electron chi connectivity index (χ2n) is 5.69. The molecule has 3 nitrogen and oxygen atoms in total. The average Bonchev–Trinajstić information content (AvgIpc) is 2.49. The predicted molar refractivity (Wildman–Crippen MR) is 82.1 cm³/mol. The maximum Gasteiger partial charge on any atom is 0.124 e. The molecule has 0 saturated carbocycles. The molecular weight excluding hydrogens is 250 g/mol. The molecule has 3 heteroatoms. The van der Waals surface area contributed by atoms with Gasteiger partial charge in [-0.2, -0.15) is 0 Å². The summed E-state index contributed by atoms with van der Waals surface area (Å²) in [6.07, 6.45) is 5.82. The number of benzene rings is 1. The van der Waals surface area contributed by atoms with Crippen molar-refractivity contribution in [2.45, 2.75) is 51.2 Å². The topological polar surface area (TPSA) is 32.7 Å².